The van der Waals surface area contributed by atoms with Crippen molar-refractivity contribution in [1.82, 2.24) is 9.97 Å². The van der Waals surface area contributed by atoms with Crippen LogP contribution in [0.5, 0.6) is 0 Å². The van der Waals surface area contributed by atoms with E-state index >= 15 is 0 Å². The number of hydrogen-bond donors (Lipinski definition) is 2. The first-order valence-corrected chi connectivity index (χ1v) is 9.41. The van der Waals surface area contributed by atoms with Crippen LogP contribution in [-0.2, 0) is 4.74 Å². The number of nitrogens with one attached hydrogen (secondary N) is 1. The molecule has 7 heteroatoms. The largest absolute Gasteiger partial charge is 0.378 e. The SMILES string of the molecule is CC(N)c1cc(Nc2ccc(Cl)cc2)nc(N2CCOCC2)n1.CCC. The van der Waals surface area contributed by atoms with Gasteiger partial charge in [0.25, 0.3) is 0 Å². The number of hydrogen-bond acceptors (Lipinski definition) is 6. The molecule has 3 rings (SSSR count). The molecule has 0 aliphatic carbocycles. The zero-order valence-corrected chi connectivity index (χ0v) is 16.5. The summed E-state index contributed by atoms with van der Waals surface area (Å²) < 4.78 is 5.39. The molecule has 142 valence electrons. The van der Waals surface area contributed by atoms with Crippen molar-refractivity contribution in [2.24, 2.45) is 5.73 Å². The first-order valence-electron chi connectivity index (χ1n) is 9.03. The van der Waals surface area contributed by atoms with Gasteiger partial charge in [-0.2, -0.15) is 4.98 Å². The van der Waals surface area contributed by atoms with Crippen molar-refractivity contribution in [3.05, 3.63) is 41.0 Å². The summed E-state index contributed by atoms with van der Waals surface area (Å²) in [6.07, 6.45) is 1.25. The number of halogens is 1. The van der Waals surface area contributed by atoms with Gasteiger partial charge in [0.1, 0.15) is 5.82 Å². The van der Waals surface area contributed by atoms with Gasteiger partial charge in [0.05, 0.1) is 18.9 Å². The fourth-order valence-corrected chi connectivity index (χ4v) is 2.46. The minimum absolute atomic E-state index is 0.163. The zero-order valence-electron chi connectivity index (χ0n) is 15.7. The van der Waals surface area contributed by atoms with Crippen molar-refractivity contribution in [2.45, 2.75) is 33.2 Å². The van der Waals surface area contributed by atoms with Crippen molar-refractivity contribution in [3.63, 3.8) is 0 Å². The number of rotatable bonds is 4. The highest BCUT2D eigenvalue weighted by Gasteiger charge is 2.17. The van der Waals surface area contributed by atoms with Crippen molar-refractivity contribution in [3.8, 4) is 0 Å². The Hall–Kier alpha value is -1.89. The molecule has 0 saturated carbocycles. The molecule has 6 nitrogen and oxygen atoms in total. The van der Waals surface area contributed by atoms with Gasteiger partial charge in [-0.3, -0.25) is 0 Å². The molecular weight excluding hydrogens is 350 g/mol. The average Bonchev–Trinajstić information content (AvgIpc) is 2.65. The van der Waals surface area contributed by atoms with Crippen LogP contribution in [0.2, 0.25) is 5.02 Å². The quantitative estimate of drug-likeness (QED) is 0.833. The second-order valence-electron chi connectivity index (χ2n) is 6.21. The minimum Gasteiger partial charge on any atom is -0.378 e. The van der Waals surface area contributed by atoms with Crippen LogP contribution in [0.25, 0.3) is 0 Å². The maximum absolute atomic E-state index is 6.02. The van der Waals surface area contributed by atoms with Crippen LogP contribution in [-0.4, -0.2) is 36.3 Å². The van der Waals surface area contributed by atoms with E-state index in [2.05, 4.69) is 34.0 Å². The Labute approximate surface area is 160 Å². The van der Waals surface area contributed by atoms with Gasteiger partial charge >= 0.3 is 0 Å². The van der Waals surface area contributed by atoms with E-state index in [1.807, 2.05) is 37.3 Å². The Kier molecular flexibility index (Phi) is 8.09. The highest BCUT2D eigenvalue weighted by molar-refractivity contribution is 6.30. The highest BCUT2D eigenvalue weighted by Crippen LogP contribution is 2.22. The Morgan fingerprint density at radius 3 is 2.38 bits per heavy atom. The van der Waals surface area contributed by atoms with Gasteiger partial charge < -0.3 is 20.7 Å². The summed E-state index contributed by atoms with van der Waals surface area (Å²) in [6, 6.07) is 9.20. The average molecular weight is 378 g/mol. The number of nitrogens with two attached hydrogens (primary N) is 1. The van der Waals surface area contributed by atoms with E-state index < -0.39 is 0 Å². The van der Waals surface area contributed by atoms with E-state index in [9.17, 15) is 0 Å². The molecule has 1 atom stereocenters. The van der Waals surface area contributed by atoms with Crippen molar-refractivity contribution >= 4 is 29.1 Å². The summed E-state index contributed by atoms with van der Waals surface area (Å²) in [5.74, 6) is 1.40. The third-order valence-electron chi connectivity index (χ3n) is 3.61. The maximum Gasteiger partial charge on any atom is 0.227 e. The monoisotopic (exact) mass is 377 g/mol. The van der Waals surface area contributed by atoms with Gasteiger partial charge in [0, 0.05) is 35.9 Å². The molecule has 1 saturated heterocycles. The first-order chi connectivity index (χ1) is 12.5. The second-order valence-corrected chi connectivity index (χ2v) is 6.64. The van der Waals surface area contributed by atoms with Crippen LogP contribution in [0.1, 0.15) is 38.9 Å². The number of morpholine rings is 1. The van der Waals surface area contributed by atoms with Crippen molar-refractivity contribution in [1.29, 1.82) is 0 Å². The molecule has 1 aliphatic heterocycles. The Bertz CT molecular complexity index is 672. The summed E-state index contributed by atoms with van der Waals surface area (Å²) in [4.78, 5) is 11.3. The lowest BCUT2D eigenvalue weighted by atomic mass is 10.2. The summed E-state index contributed by atoms with van der Waals surface area (Å²) in [6.45, 7) is 9.10. The topological polar surface area (TPSA) is 76.3 Å². The standard InChI is InChI=1S/C16H20ClN5O.C3H8/c1-11(18)14-10-15(19-13-4-2-12(17)3-5-13)21-16(20-14)22-6-8-23-9-7-22;1-3-2/h2-5,10-11H,6-9,18H2,1H3,(H,19,20,21);3H2,1-2H3. The summed E-state index contributed by atoms with van der Waals surface area (Å²) >= 11 is 5.92. The number of benzene rings is 1. The van der Waals surface area contributed by atoms with Crippen LogP contribution in [0.3, 0.4) is 0 Å². The minimum atomic E-state index is -0.163. The third kappa shape index (κ3) is 6.12. The van der Waals surface area contributed by atoms with E-state index in [0.29, 0.717) is 24.2 Å². The summed E-state index contributed by atoms with van der Waals surface area (Å²) in [7, 11) is 0. The van der Waals surface area contributed by atoms with Crippen LogP contribution >= 0.6 is 11.6 Å². The molecule has 1 fully saturated rings. The smallest absolute Gasteiger partial charge is 0.227 e. The molecule has 0 radical (unpaired) electrons. The molecule has 2 heterocycles. The van der Waals surface area contributed by atoms with Gasteiger partial charge in [0.15, 0.2) is 0 Å². The van der Waals surface area contributed by atoms with Gasteiger partial charge in [-0.1, -0.05) is 31.9 Å². The second kappa shape index (κ2) is 10.3. The molecule has 0 amide bonds. The summed E-state index contributed by atoms with van der Waals surface area (Å²) in [5.41, 5.74) is 7.73. The van der Waals surface area contributed by atoms with Gasteiger partial charge in [0.2, 0.25) is 5.95 Å². The number of aromatic nitrogens is 2. The Morgan fingerprint density at radius 1 is 1.19 bits per heavy atom. The predicted octanol–water partition coefficient (Wildman–Crippen LogP) is 4.15. The van der Waals surface area contributed by atoms with Crippen LogP contribution in [0, 0.1) is 0 Å². The van der Waals surface area contributed by atoms with E-state index in [4.69, 9.17) is 22.1 Å². The van der Waals surface area contributed by atoms with Gasteiger partial charge in [-0.25, -0.2) is 4.98 Å². The van der Waals surface area contributed by atoms with E-state index in [0.717, 1.165) is 30.3 Å². The lowest BCUT2D eigenvalue weighted by Crippen LogP contribution is -2.37. The third-order valence-corrected chi connectivity index (χ3v) is 3.86. The maximum atomic E-state index is 6.02. The molecular formula is C19H28ClN5O. The molecule has 0 bridgehead atoms. The number of ether oxygens (including phenoxy) is 1. The molecule has 1 aliphatic rings. The highest BCUT2D eigenvalue weighted by atomic mass is 35.5. The lowest BCUT2D eigenvalue weighted by molar-refractivity contribution is 0.122. The fourth-order valence-electron chi connectivity index (χ4n) is 2.34. The molecule has 1 aromatic carbocycles. The zero-order chi connectivity index (χ0) is 18.9. The van der Waals surface area contributed by atoms with E-state index in [1.54, 1.807) is 0 Å². The van der Waals surface area contributed by atoms with Gasteiger partial charge in [-0.05, 0) is 31.2 Å². The molecule has 3 N–H and O–H groups in total. The molecule has 1 aromatic heterocycles. The number of nitrogens with zero attached hydrogens (tertiary/aromatic N) is 3. The van der Waals surface area contributed by atoms with Crippen molar-refractivity contribution < 1.29 is 4.74 Å². The first kappa shape index (κ1) is 20.4. The summed E-state index contributed by atoms with van der Waals surface area (Å²) in [5, 5.41) is 3.98. The van der Waals surface area contributed by atoms with Crippen LogP contribution < -0.4 is 16.0 Å². The number of anilines is 3. The predicted molar refractivity (Wildman–Crippen MR) is 108 cm³/mol. The normalized spacial score (nSPS) is 15.0. The Morgan fingerprint density at radius 2 is 1.81 bits per heavy atom. The van der Waals surface area contributed by atoms with Crippen LogP contribution in [0.15, 0.2) is 30.3 Å². The van der Waals surface area contributed by atoms with Crippen molar-refractivity contribution in [2.75, 3.05) is 36.5 Å². The Balaban J connectivity index is 0.000000758. The molecule has 2 aromatic rings. The van der Waals surface area contributed by atoms with Crippen LogP contribution in [0.4, 0.5) is 17.5 Å². The lowest BCUT2D eigenvalue weighted by Gasteiger charge is -2.27. The van der Waals surface area contributed by atoms with E-state index in [-0.39, 0.29) is 6.04 Å². The fraction of sp³-hybridized carbons (Fsp3) is 0.474. The molecule has 1 unspecified atom stereocenters. The molecule has 26 heavy (non-hydrogen) atoms. The van der Waals surface area contributed by atoms with Gasteiger partial charge in [-0.15, -0.1) is 0 Å². The molecule has 0 spiro atoms. The van der Waals surface area contributed by atoms with E-state index in [1.165, 1.54) is 6.42 Å².